The fourth-order valence-electron chi connectivity index (χ4n) is 6.32. The standard InChI is InChI=1S/C44H56N12O4/c45-33(13-7-23-53-43(49)50)41(59)55-35(25-27-9-3-1-4-10-27)39(57)31-19-15-29(16-20-31)37(47)38(48)30-17-21-32(22-18-30)40(58)36(26-28-11-5-2-6-12-28)56-42(60)34(46)14-8-24-54-44(51)52/h1-6,9-12,15-22,33-36H,7-8,13-14,23-26,45-48H2,(H,55,59)(H,56,60)(H4,49,50,53)(H4,51,52,54)/t33-,34-,35-,36-/m0/s1. The molecule has 316 valence electrons. The van der Waals surface area contributed by atoms with Crippen LogP contribution in [0.4, 0.5) is 0 Å². The zero-order chi connectivity index (χ0) is 43.6. The van der Waals surface area contributed by atoms with Crippen molar-refractivity contribution in [3.8, 4) is 0 Å². The maximum absolute atomic E-state index is 13.8. The first-order valence-electron chi connectivity index (χ1n) is 19.6. The molecule has 16 heteroatoms. The molecule has 0 heterocycles. The molecule has 16 nitrogen and oxygen atoms in total. The van der Waals surface area contributed by atoms with Gasteiger partial charge in [0.05, 0.1) is 35.6 Å². The van der Waals surface area contributed by atoms with Crippen LogP contribution in [0, 0.1) is 0 Å². The Bertz CT molecular complexity index is 1980. The molecular formula is C44H56N12O4. The summed E-state index contributed by atoms with van der Waals surface area (Å²) in [5.41, 5.74) is 50.9. The van der Waals surface area contributed by atoms with Gasteiger partial charge in [0.25, 0.3) is 0 Å². The highest BCUT2D eigenvalue weighted by Gasteiger charge is 2.27. The van der Waals surface area contributed by atoms with Crippen molar-refractivity contribution in [3.05, 3.63) is 143 Å². The molecule has 18 N–H and O–H groups in total. The highest BCUT2D eigenvalue weighted by molar-refractivity contribution is 6.04. The third-order valence-corrected chi connectivity index (χ3v) is 9.69. The van der Waals surface area contributed by atoms with E-state index in [2.05, 4.69) is 20.6 Å². The fraction of sp³-hybridized carbons (Fsp3) is 0.273. The lowest BCUT2D eigenvalue weighted by atomic mass is 9.95. The molecule has 4 aromatic carbocycles. The molecule has 2 amide bonds. The molecule has 4 atom stereocenters. The van der Waals surface area contributed by atoms with Crippen molar-refractivity contribution in [1.29, 1.82) is 0 Å². The lowest BCUT2D eigenvalue weighted by Gasteiger charge is -2.21. The minimum Gasteiger partial charge on any atom is -0.397 e. The van der Waals surface area contributed by atoms with E-state index in [1.807, 2.05) is 60.7 Å². The number of nitrogens with one attached hydrogen (secondary N) is 2. The molecule has 60 heavy (non-hydrogen) atoms. The van der Waals surface area contributed by atoms with Crippen molar-refractivity contribution in [2.75, 3.05) is 13.1 Å². The van der Waals surface area contributed by atoms with Crippen LogP contribution in [-0.2, 0) is 22.4 Å². The molecule has 0 radical (unpaired) electrons. The van der Waals surface area contributed by atoms with Crippen molar-refractivity contribution in [2.24, 2.45) is 55.9 Å². The predicted octanol–water partition coefficient (Wildman–Crippen LogP) is 1.01. The molecule has 0 fully saturated rings. The van der Waals surface area contributed by atoms with E-state index in [4.69, 9.17) is 45.9 Å². The summed E-state index contributed by atoms with van der Waals surface area (Å²) in [6.07, 6.45) is 2.11. The molecule has 4 aromatic rings. The van der Waals surface area contributed by atoms with Gasteiger partial charge in [-0.25, -0.2) is 0 Å². The normalized spacial score (nSPS) is 13.4. The van der Waals surface area contributed by atoms with E-state index < -0.39 is 36.0 Å². The van der Waals surface area contributed by atoms with Gasteiger partial charge in [-0.05, 0) is 47.9 Å². The number of rotatable bonds is 22. The summed E-state index contributed by atoms with van der Waals surface area (Å²) in [6, 6.07) is 28.3. The van der Waals surface area contributed by atoms with Crippen LogP contribution in [-0.4, -0.2) is 72.6 Å². The second-order valence-electron chi connectivity index (χ2n) is 14.3. The van der Waals surface area contributed by atoms with Crippen molar-refractivity contribution in [3.63, 3.8) is 0 Å². The van der Waals surface area contributed by atoms with Crippen LogP contribution in [0.25, 0.3) is 11.4 Å². The molecule has 0 bridgehead atoms. The number of benzene rings is 4. The third-order valence-electron chi connectivity index (χ3n) is 9.69. The number of hydrogen-bond donors (Lipinski definition) is 10. The number of hydrogen-bond acceptors (Lipinski definition) is 10. The summed E-state index contributed by atoms with van der Waals surface area (Å²) in [6.45, 7) is 0.653. The summed E-state index contributed by atoms with van der Waals surface area (Å²) in [5.74, 6) is -1.64. The largest absolute Gasteiger partial charge is 0.397 e. The molecule has 0 aliphatic heterocycles. The molecular weight excluding hydrogens is 761 g/mol. The molecule has 0 saturated carbocycles. The Labute approximate surface area is 349 Å². The summed E-state index contributed by atoms with van der Waals surface area (Å²) < 4.78 is 0. The van der Waals surface area contributed by atoms with Gasteiger partial charge in [0, 0.05) is 37.1 Å². The van der Waals surface area contributed by atoms with E-state index in [1.165, 1.54) is 0 Å². The maximum atomic E-state index is 13.8. The summed E-state index contributed by atoms with van der Waals surface area (Å²) in [5, 5.41) is 5.67. The van der Waals surface area contributed by atoms with Crippen LogP contribution >= 0.6 is 0 Å². The maximum Gasteiger partial charge on any atom is 0.237 e. The van der Waals surface area contributed by atoms with E-state index in [0.29, 0.717) is 61.0 Å². The van der Waals surface area contributed by atoms with E-state index >= 15 is 0 Å². The molecule has 0 aliphatic carbocycles. The quantitative estimate of drug-likeness (QED) is 0.0175. The third kappa shape index (κ3) is 14.1. The van der Waals surface area contributed by atoms with Gasteiger partial charge in [-0.2, -0.15) is 0 Å². The Balaban J connectivity index is 1.48. The molecule has 0 aliphatic rings. The summed E-state index contributed by atoms with van der Waals surface area (Å²) >= 11 is 0. The van der Waals surface area contributed by atoms with E-state index in [-0.39, 0.29) is 47.7 Å². The molecule has 0 saturated heterocycles. The first kappa shape index (κ1) is 45.7. The zero-order valence-corrected chi connectivity index (χ0v) is 33.5. The lowest BCUT2D eigenvalue weighted by Crippen LogP contribution is -2.49. The van der Waals surface area contributed by atoms with Gasteiger partial charge in [-0.3, -0.25) is 29.2 Å². The number of Topliss-reactive ketones (excluding diaryl/α,β-unsaturated/α-hetero) is 2. The van der Waals surface area contributed by atoms with Crippen LogP contribution in [0.3, 0.4) is 0 Å². The Hall–Kier alpha value is -7.04. The number of carbonyl (C=O) groups excluding carboxylic acids is 4. The molecule has 0 unspecified atom stereocenters. The van der Waals surface area contributed by atoms with Gasteiger partial charge >= 0.3 is 0 Å². The molecule has 0 spiro atoms. The molecule has 0 aromatic heterocycles. The number of amides is 2. The van der Waals surface area contributed by atoms with Gasteiger partial charge in [-0.15, -0.1) is 0 Å². The number of carbonyl (C=O) groups is 4. The highest BCUT2D eigenvalue weighted by Crippen LogP contribution is 2.22. The van der Waals surface area contributed by atoms with E-state index in [1.54, 1.807) is 48.5 Å². The average molecular weight is 817 g/mol. The second kappa shape index (κ2) is 22.8. The monoisotopic (exact) mass is 816 g/mol. The van der Waals surface area contributed by atoms with Crippen molar-refractivity contribution in [1.82, 2.24) is 10.6 Å². The topological polar surface area (TPSA) is 325 Å². The Morgan fingerprint density at radius 3 is 1.10 bits per heavy atom. The van der Waals surface area contributed by atoms with Crippen molar-refractivity contribution >= 4 is 46.7 Å². The van der Waals surface area contributed by atoms with Gasteiger partial charge < -0.3 is 56.5 Å². The average Bonchev–Trinajstić information content (AvgIpc) is 3.25. The first-order valence-corrected chi connectivity index (χ1v) is 19.6. The first-order chi connectivity index (χ1) is 28.7. The Morgan fingerprint density at radius 2 is 0.783 bits per heavy atom. The zero-order valence-electron chi connectivity index (χ0n) is 33.5. The lowest BCUT2D eigenvalue weighted by molar-refractivity contribution is -0.123. The Kier molecular flexibility index (Phi) is 17.3. The van der Waals surface area contributed by atoms with Crippen LogP contribution in [0.2, 0.25) is 0 Å². The molecule has 4 rings (SSSR count). The van der Waals surface area contributed by atoms with Gasteiger partial charge in [0.15, 0.2) is 23.5 Å². The number of aliphatic imine (C=N–C) groups is 2. The van der Waals surface area contributed by atoms with Crippen LogP contribution in [0.5, 0.6) is 0 Å². The highest BCUT2D eigenvalue weighted by atomic mass is 16.2. The Morgan fingerprint density at radius 1 is 0.467 bits per heavy atom. The fourth-order valence-corrected chi connectivity index (χ4v) is 6.32. The number of nitrogens with two attached hydrogens (primary N) is 8. The number of ketones is 2. The van der Waals surface area contributed by atoms with E-state index in [9.17, 15) is 19.2 Å². The smallest absolute Gasteiger partial charge is 0.237 e. The summed E-state index contributed by atoms with van der Waals surface area (Å²) in [7, 11) is 0. The minimum absolute atomic E-state index is 0.0420. The van der Waals surface area contributed by atoms with Crippen LogP contribution in [0.15, 0.2) is 119 Å². The second-order valence-corrected chi connectivity index (χ2v) is 14.3. The van der Waals surface area contributed by atoms with Crippen molar-refractivity contribution in [2.45, 2.75) is 62.7 Å². The number of nitrogens with zero attached hydrogens (tertiary/aromatic N) is 2. The van der Waals surface area contributed by atoms with E-state index in [0.717, 1.165) is 11.1 Å². The SMILES string of the molecule is NC(N)=NCCC[C@H](N)C(=O)N[C@@H](Cc1ccccc1)C(=O)c1ccc(C(N)=C(N)c2ccc(C(=O)[C@H](Cc3ccccc3)NC(=O)[C@@H](N)CCCN=C(N)N)cc2)cc1. The van der Waals surface area contributed by atoms with Crippen LogP contribution < -0.4 is 56.5 Å². The number of guanidine groups is 2. The summed E-state index contributed by atoms with van der Waals surface area (Å²) in [4.78, 5) is 61.7. The van der Waals surface area contributed by atoms with Gasteiger partial charge in [-0.1, -0.05) is 109 Å². The van der Waals surface area contributed by atoms with Crippen LogP contribution in [0.1, 0.15) is 68.7 Å². The predicted molar refractivity (Wildman–Crippen MR) is 237 cm³/mol. The van der Waals surface area contributed by atoms with Crippen molar-refractivity contribution < 1.29 is 19.2 Å². The van der Waals surface area contributed by atoms with Gasteiger partial charge in [0.2, 0.25) is 11.8 Å². The van der Waals surface area contributed by atoms with Gasteiger partial charge in [0.1, 0.15) is 0 Å². The minimum atomic E-state index is -0.895.